The zero-order valence-corrected chi connectivity index (χ0v) is 14.5. The minimum Gasteiger partial charge on any atom is -0.329 e. The third-order valence-electron chi connectivity index (χ3n) is 5.13. The molecule has 120 valence electrons. The third kappa shape index (κ3) is 4.71. The lowest BCUT2D eigenvalue weighted by Crippen LogP contribution is -2.60. The van der Waals surface area contributed by atoms with Gasteiger partial charge in [-0.2, -0.15) is 0 Å². The maximum Gasteiger partial charge on any atom is 0.0332 e. The van der Waals surface area contributed by atoms with Crippen molar-refractivity contribution in [2.75, 3.05) is 39.3 Å². The Hall–Kier alpha value is -0.120. The summed E-state index contributed by atoms with van der Waals surface area (Å²) in [4.78, 5) is 5.30. The smallest absolute Gasteiger partial charge is 0.0332 e. The lowest BCUT2D eigenvalue weighted by molar-refractivity contribution is 0.0161. The molecule has 20 heavy (non-hydrogen) atoms. The van der Waals surface area contributed by atoms with Gasteiger partial charge in [0.25, 0.3) is 0 Å². The molecule has 0 bridgehead atoms. The molecular weight excluding hydrogens is 246 g/mol. The van der Waals surface area contributed by atoms with Crippen molar-refractivity contribution in [2.45, 2.75) is 59.4 Å². The second-order valence-electron chi connectivity index (χ2n) is 7.18. The van der Waals surface area contributed by atoms with Crippen LogP contribution in [0, 0.1) is 11.8 Å². The van der Waals surface area contributed by atoms with Crippen molar-refractivity contribution in [3.8, 4) is 0 Å². The van der Waals surface area contributed by atoms with Gasteiger partial charge in [0.2, 0.25) is 0 Å². The van der Waals surface area contributed by atoms with Crippen LogP contribution in [0.1, 0.15) is 53.9 Å². The van der Waals surface area contributed by atoms with Crippen LogP contribution in [-0.4, -0.2) is 54.6 Å². The van der Waals surface area contributed by atoms with Crippen LogP contribution >= 0.6 is 0 Å². The van der Waals surface area contributed by atoms with Crippen LogP contribution in [0.4, 0.5) is 0 Å². The van der Waals surface area contributed by atoms with Crippen LogP contribution in [0.2, 0.25) is 0 Å². The molecule has 0 aromatic heterocycles. The minimum atomic E-state index is 0.235. The highest BCUT2D eigenvalue weighted by molar-refractivity contribution is 4.94. The number of hydrogen-bond acceptors (Lipinski definition) is 3. The van der Waals surface area contributed by atoms with E-state index in [1.54, 1.807) is 0 Å². The van der Waals surface area contributed by atoms with Gasteiger partial charge in [-0.15, -0.1) is 0 Å². The molecule has 3 nitrogen and oxygen atoms in total. The average molecular weight is 284 g/mol. The van der Waals surface area contributed by atoms with E-state index in [9.17, 15) is 0 Å². The molecule has 1 aliphatic rings. The van der Waals surface area contributed by atoms with Gasteiger partial charge in [-0.05, 0) is 24.7 Å². The Balaban J connectivity index is 2.61. The predicted molar refractivity (Wildman–Crippen MR) is 89.0 cm³/mol. The minimum absolute atomic E-state index is 0.235. The Labute approximate surface area is 126 Å². The van der Waals surface area contributed by atoms with Crippen LogP contribution in [0.5, 0.6) is 0 Å². The quantitative estimate of drug-likeness (QED) is 0.743. The van der Waals surface area contributed by atoms with Crippen LogP contribution < -0.4 is 5.73 Å². The van der Waals surface area contributed by atoms with E-state index in [0.717, 1.165) is 18.4 Å². The van der Waals surface area contributed by atoms with Gasteiger partial charge >= 0.3 is 0 Å². The Morgan fingerprint density at radius 1 is 1.05 bits per heavy atom. The maximum absolute atomic E-state index is 6.21. The van der Waals surface area contributed by atoms with Gasteiger partial charge in [0.15, 0.2) is 0 Å². The molecule has 2 N–H and O–H groups in total. The number of rotatable bonds is 8. The summed E-state index contributed by atoms with van der Waals surface area (Å²) in [6, 6.07) is 0. The second kappa shape index (κ2) is 8.35. The lowest BCUT2D eigenvalue weighted by Gasteiger charge is -2.48. The van der Waals surface area contributed by atoms with Crippen molar-refractivity contribution in [1.29, 1.82) is 0 Å². The fourth-order valence-corrected chi connectivity index (χ4v) is 3.57. The fraction of sp³-hybridized carbons (Fsp3) is 1.00. The first-order chi connectivity index (χ1) is 9.47. The van der Waals surface area contributed by atoms with Gasteiger partial charge in [0, 0.05) is 44.8 Å². The maximum atomic E-state index is 6.21. The molecule has 1 saturated heterocycles. The van der Waals surface area contributed by atoms with Gasteiger partial charge < -0.3 is 10.6 Å². The van der Waals surface area contributed by atoms with Crippen molar-refractivity contribution < 1.29 is 0 Å². The largest absolute Gasteiger partial charge is 0.329 e. The van der Waals surface area contributed by atoms with Crippen molar-refractivity contribution >= 4 is 0 Å². The highest BCUT2D eigenvalue weighted by Crippen LogP contribution is 2.29. The SMILES string of the molecule is CCC(C)CC(CC)(CN)N1CCN(CC(C)C)CC1. The molecule has 1 aliphatic heterocycles. The first kappa shape index (κ1) is 17.9. The van der Waals surface area contributed by atoms with E-state index >= 15 is 0 Å². The zero-order valence-electron chi connectivity index (χ0n) is 14.5. The molecule has 1 fully saturated rings. The molecule has 0 amide bonds. The van der Waals surface area contributed by atoms with E-state index in [4.69, 9.17) is 5.73 Å². The van der Waals surface area contributed by atoms with E-state index in [2.05, 4.69) is 44.4 Å². The van der Waals surface area contributed by atoms with Crippen LogP contribution in [0.15, 0.2) is 0 Å². The molecule has 0 aromatic carbocycles. The second-order valence-corrected chi connectivity index (χ2v) is 7.18. The molecule has 1 rings (SSSR count). The molecule has 2 unspecified atom stereocenters. The molecule has 2 atom stereocenters. The average Bonchev–Trinajstić information content (AvgIpc) is 2.45. The van der Waals surface area contributed by atoms with E-state index in [1.807, 2.05) is 0 Å². The zero-order chi connectivity index (χ0) is 15.2. The van der Waals surface area contributed by atoms with E-state index in [1.165, 1.54) is 52.0 Å². The molecule has 0 aromatic rings. The first-order valence-corrected chi connectivity index (χ1v) is 8.64. The Kier molecular flexibility index (Phi) is 7.49. The van der Waals surface area contributed by atoms with Gasteiger partial charge in [-0.1, -0.05) is 41.0 Å². The number of nitrogens with zero attached hydrogens (tertiary/aromatic N) is 2. The summed E-state index contributed by atoms with van der Waals surface area (Å²) >= 11 is 0. The van der Waals surface area contributed by atoms with Gasteiger partial charge in [-0.3, -0.25) is 4.90 Å². The van der Waals surface area contributed by atoms with Crippen molar-refractivity contribution in [3.05, 3.63) is 0 Å². The molecule has 0 aliphatic carbocycles. The van der Waals surface area contributed by atoms with Crippen LogP contribution in [0.25, 0.3) is 0 Å². The number of nitrogens with two attached hydrogens (primary N) is 1. The fourth-order valence-electron chi connectivity index (χ4n) is 3.57. The molecule has 0 spiro atoms. The summed E-state index contributed by atoms with van der Waals surface area (Å²) in [6.45, 7) is 18.4. The predicted octanol–water partition coefficient (Wildman–Crippen LogP) is 2.80. The molecule has 1 heterocycles. The highest BCUT2D eigenvalue weighted by atomic mass is 15.3. The molecule has 3 heteroatoms. The standard InChI is InChI=1S/C17H37N3/c1-6-16(5)12-17(7-2,14-18)20-10-8-19(9-11-20)13-15(3)4/h15-16H,6-14,18H2,1-5H3. The summed E-state index contributed by atoms with van der Waals surface area (Å²) in [5, 5.41) is 0. The summed E-state index contributed by atoms with van der Waals surface area (Å²) in [5.74, 6) is 1.54. The van der Waals surface area contributed by atoms with Gasteiger partial charge in [0.1, 0.15) is 0 Å². The van der Waals surface area contributed by atoms with Crippen LogP contribution in [-0.2, 0) is 0 Å². The van der Waals surface area contributed by atoms with Crippen molar-refractivity contribution in [2.24, 2.45) is 17.6 Å². The Bertz CT molecular complexity index is 253. The third-order valence-corrected chi connectivity index (χ3v) is 5.13. The topological polar surface area (TPSA) is 32.5 Å². The van der Waals surface area contributed by atoms with Gasteiger partial charge in [-0.25, -0.2) is 0 Å². The Morgan fingerprint density at radius 2 is 1.65 bits per heavy atom. The lowest BCUT2D eigenvalue weighted by atomic mass is 9.82. The van der Waals surface area contributed by atoms with Gasteiger partial charge in [0.05, 0.1) is 0 Å². The number of hydrogen-bond donors (Lipinski definition) is 1. The summed E-state index contributed by atoms with van der Waals surface area (Å²) in [6.07, 6.45) is 3.69. The van der Waals surface area contributed by atoms with Crippen LogP contribution in [0.3, 0.4) is 0 Å². The Morgan fingerprint density at radius 3 is 2.05 bits per heavy atom. The number of piperazine rings is 1. The van der Waals surface area contributed by atoms with Crippen molar-refractivity contribution in [1.82, 2.24) is 9.80 Å². The van der Waals surface area contributed by atoms with Crippen molar-refractivity contribution in [3.63, 3.8) is 0 Å². The monoisotopic (exact) mass is 283 g/mol. The summed E-state index contributed by atoms with van der Waals surface area (Å²) in [5.41, 5.74) is 6.45. The molecular formula is C17H37N3. The highest BCUT2D eigenvalue weighted by Gasteiger charge is 2.36. The normalized spacial score (nSPS) is 22.9. The summed E-state index contributed by atoms with van der Waals surface area (Å²) in [7, 11) is 0. The summed E-state index contributed by atoms with van der Waals surface area (Å²) < 4.78 is 0. The first-order valence-electron chi connectivity index (χ1n) is 8.64. The van der Waals surface area contributed by atoms with E-state index in [0.29, 0.717) is 0 Å². The van der Waals surface area contributed by atoms with E-state index < -0.39 is 0 Å². The van der Waals surface area contributed by atoms with E-state index in [-0.39, 0.29) is 5.54 Å². The molecule has 0 radical (unpaired) electrons. The molecule has 0 saturated carbocycles.